The third kappa shape index (κ3) is 2.80. The molecule has 152 valence electrons. The number of allylic oxidation sites excluding steroid dienone is 1. The molecule has 1 atom stereocenters. The summed E-state index contributed by atoms with van der Waals surface area (Å²) < 4.78 is 16.7. The number of fused-ring (bicyclic) bond motifs is 1. The topological polar surface area (TPSA) is 132 Å². The van der Waals surface area contributed by atoms with Gasteiger partial charge in [0.1, 0.15) is 22.7 Å². The Hall–Kier alpha value is -2.91. The summed E-state index contributed by atoms with van der Waals surface area (Å²) in [7, 11) is 1.36. The van der Waals surface area contributed by atoms with E-state index in [0.29, 0.717) is 0 Å². The number of benzene rings is 1. The number of ether oxygens (including phenoxy) is 2. The number of aromatic nitrogens is 2. The number of hydrogen-bond donors (Lipinski definition) is 2. The fraction of sp³-hybridized carbons (Fsp3) is 0.368. The Labute approximate surface area is 169 Å². The number of carbonyl (C=O) groups is 2. The predicted octanol–water partition coefficient (Wildman–Crippen LogP) is 2.74. The number of aliphatic hydroxyl groups is 2. The molecule has 0 radical (unpaired) electrons. The summed E-state index contributed by atoms with van der Waals surface area (Å²) in [6.45, 7) is 2.97. The van der Waals surface area contributed by atoms with Crippen LogP contribution in [-0.2, 0) is 10.4 Å². The maximum atomic E-state index is 13.1. The van der Waals surface area contributed by atoms with E-state index in [1.807, 2.05) is 0 Å². The van der Waals surface area contributed by atoms with Gasteiger partial charge in [0.2, 0.25) is 23.2 Å². The molecule has 2 heterocycles. The van der Waals surface area contributed by atoms with Crippen molar-refractivity contribution in [3.63, 3.8) is 0 Å². The van der Waals surface area contributed by atoms with Crippen LogP contribution in [0.25, 0.3) is 11.5 Å². The molecule has 0 amide bonds. The van der Waals surface area contributed by atoms with E-state index >= 15 is 0 Å². The van der Waals surface area contributed by atoms with Crippen LogP contribution in [0.15, 0.2) is 22.3 Å². The molecular weight excluding hydrogens is 404 g/mol. The fourth-order valence-electron chi connectivity index (χ4n) is 3.34. The van der Waals surface area contributed by atoms with Crippen LogP contribution in [0.1, 0.15) is 42.9 Å². The number of nitrogens with zero attached hydrogens (tertiary/aromatic N) is 2. The van der Waals surface area contributed by atoms with E-state index in [4.69, 9.17) is 25.5 Å². The van der Waals surface area contributed by atoms with E-state index in [-0.39, 0.29) is 58.1 Å². The van der Waals surface area contributed by atoms with Gasteiger partial charge < -0.3 is 24.1 Å². The van der Waals surface area contributed by atoms with Gasteiger partial charge in [0.25, 0.3) is 0 Å². The summed E-state index contributed by atoms with van der Waals surface area (Å²) in [5.74, 6) is -1.24. The zero-order valence-corrected chi connectivity index (χ0v) is 16.5. The van der Waals surface area contributed by atoms with Gasteiger partial charge in [0, 0.05) is 18.9 Å². The molecule has 0 unspecified atom stereocenters. The summed E-state index contributed by atoms with van der Waals surface area (Å²) in [6.07, 6.45) is 0.997. The molecule has 2 aliphatic rings. The van der Waals surface area contributed by atoms with E-state index in [2.05, 4.69) is 10.2 Å². The third-order valence-corrected chi connectivity index (χ3v) is 5.26. The molecule has 1 aliphatic carbocycles. The predicted molar refractivity (Wildman–Crippen MR) is 99.2 cm³/mol. The van der Waals surface area contributed by atoms with E-state index in [9.17, 15) is 19.8 Å². The summed E-state index contributed by atoms with van der Waals surface area (Å²) in [6, 6.07) is 1.44. The second kappa shape index (κ2) is 6.30. The van der Waals surface area contributed by atoms with Crippen molar-refractivity contribution in [1.29, 1.82) is 0 Å². The van der Waals surface area contributed by atoms with Gasteiger partial charge in [-0.2, -0.15) is 0 Å². The minimum absolute atomic E-state index is 0.00155. The van der Waals surface area contributed by atoms with Gasteiger partial charge in [-0.1, -0.05) is 11.6 Å². The van der Waals surface area contributed by atoms with E-state index in [1.54, 1.807) is 0 Å². The summed E-state index contributed by atoms with van der Waals surface area (Å²) >= 11 is 6.49. The molecule has 9 nitrogen and oxygen atoms in total. The molecular formula is C19H17ClN2O7. The minimum Gasteiger partial charge on any atom is -0.507 e. The highest BCUT2D eigenvalue weighted by molar-refractivity contribution is 6.36. The molecule has 0 saturated heterocycles. The zero-order valence-electron chi connectivity index (χ0n) is 15.8. The first kappa shape index (κ1) is 19.4. The van der Waals surface area contributed by atoms with Crippen LogP contribution in [0.2, 0.25) is 5.02 Å². The number of Topliss-reactive ketones (excluding diaryl/α,β-unsaturated/α-hetero) is 1. The first-order valence-electron chi connectivity index (χ1n) is 8.73. The lowest BCUT2D eigenvalue weighted by atomic mass is 9.83. The van der Waals surface area contributed by atoms with Crippen LogP contribution in [-0.4, -0.2) is 44.7 Å². The van der Waals surface area contributed by atoms with Crippen molar-refractivity contribution in [2.45, 2.75) is 37.9 Å². The van der Waals surface area contributed by atoms with Crippen molar-refractivity contribution in [2.75, 3.05) is 7.11 Å². The van der Waals surface area contributed by atoms with Crippen LogP contribution in [0, 0.1) is 0 Å². The molecule has 0 fully saturated rings. The molecule has 0 saturated carbocycles. The average molecular weight is 421 g/mol. The molecule has 1 spiro atoms. The third-order valence-electron chi connectivity index (χ3n) is 4.89. The number of aliphatic hydroxyl groups excluding tert-OH is 1. The van der Waals surface area contributed by atoms with Gasteiger partial charge >= 0.3 is 0 Å². The normalized spacial score (nSPS) is 21.2. The molecule has 0 bridgehead atoms. The summed E-state index contributed by atoms with van der Waals surface area (Å²) in [5.41, 5.74) is -2.80. The Morgan fingerprint density at radius 1 is 1.31 bits per heavy atom. The average Bonchev–Trinajstić information content (AvgIpc) is 3.25. The molecule has 2 aromatic rings. The van der Waals surface area contributed by atoms with Crippen molar-refractivity contribution in [1.82, 2.24) is 10.2 Å². The number of methoxy groups -OCH3 is 1. The highest BCUT2D eigenvalue weighted by Gasteiger charge is 2.55. The van der Waals surface area contributed by atoms with Gasteiger partial charge in [-0.15, -0.1) is 10.2 Å². The Bertz CT molecular complexity index is 1080. The summed E-state index contributed by atoms with van der Waals surface area (Å²) in [4.78, 5) is 24.7. The van der Waals surface area contributed by atoms with Crippen molar-refractivity contribution in [2.24, 2.45) is 0 Å². The molecule has 1 aromatic heterocycles. The largest absolute Gasteiger partial charge is 0.507 e. The summed E-state index contributed by atoms with van der Waals surface area (Å²) in [5, 5.41) is 28.1. The molecule has 4 rings (SSSR count). The van der Waals surface area contributed by atoms with Gasteiger partial charge in [-0.3, -0.25) is 9.59 Å². The highest BCUT2D eigenvalue weighted by atomic mass is 35.5. The lowest BCUT2D eigenvalue weighted by Crippen LogP contribution is -2.45. The second-order valence-electron chi connectivity index (χ2n) is 7.37. The number of rotatable bonds is 3. The Kier molecular flexibility index (Phi) is 4.21. The second-order valence-corrected chi connectivity index (χ2v) is 7.75. The standard InChI is InChI=1S/C19H17ClN2O7/c1-18(2,26)17-22-21-16(28-17)9-7-10(27-3)12-14(13(9)20)29-19(15(12)25)5-4-8(23)6-11(19)24/h6-7,24,26H,4-5H2,1-3H3/t19-/m0/s1. The number of halogens is 1. The van der Waals surface area contributed by atoms with Crippen molar-refractivity contribution in [3.8, 4) is 23.0 Å². The van der Waals surface area contributed by atoms with Crippen molar-refractivity contribution in [3.05, 3.63) is 34.4 Å². The molecule has 1 aromatic carbocycles. The monoisotopic (exact) mass is 420 g/mol. The number of carbonyl (C=O) groups excluding carboxylic acids is 2. The first-order chi connectivity index (χ1) is 13.6. The number of hydrogen-bond acceptors (Lipinski definition) is 9. The van der Waals surface area contributed by atoms with Crippen LogP contribution in [0.5, 0.6) is 11.5 Å². The van der Waals surface area contributed by atoms with Crippen LogP contribution in [0.3, 0.4) is 0 Å². The van der Waals surface area contributed by atoms with Crippen LogP contribution < -0.4 is 9.47 Å². The van der Waals surface area contributed by atoms with Crippen molar-refractivity contribution < 1.29 is 33.7 Å². The number of ketones is 2. The quantitative estimate of drug-likeness (QED) is 0.768. The lowest BCUT2D eigenvalue weighted by molar-refractivity contribution is -0.116. The maximum Gasteiger partial charge on any atom is 0.249 e. The van der Waals surface area contributed by atoms with E-state index in [0.717, 1.165) is 6.08 Å². The Balaban J connectivity index is 1.87. The molecule has 2 N–H and O–H groups in total. The van der Waals surface area contributed by atoms with E-state index in [1.165, 1.54) is 27.0 Å². The Morgan fingerprint density at radius 2 is 2.03 bits per heavy atom. The smallest absolute Gasteiger partial charge is 0.249 e. The Morgan fingerprint density at radius 3 is 2.62 bits per heavy atom. The fourth-order valence-corrected chi connectivity index (χ4v) is 3.61. The molecule has 1 aliphatic heterocycles. The van der Waals surface area contributed by atoms with Gasteiger partial charge in [0.05, 0.1) is 17.7 Å². The maximum absolute atomic E-state index is 13.1. The van der Waals surface area contributed by atoms with Gasteiger partial charge in [0.15, 0.2) is 11.5 Å². The lowest BCUT2D eigenvalue weighted by Gasteiger charge is -2.28. The van der Waals surface area contributed by atoms with Crippen molar-refractivity contribution >= 4 is 23.2 Å². The van der Waals surface area contributed by atoms with Crippen LogP contribution >= 0.6 is 11.6 Å². The van der Waals surface area contributed by atoms with Crippen LogP contribution in [0.4, 0.5) is 0 Å². The van der Waals surface area contributed by atoms with Gasteiger partial charge in [-0.25, -0.2) is 0 Å². The first-order valence-corrected chi connectivity index (χ1v) is 9.11. The highest BCUT2D eigenvalue weighted by Crippen LogP contribution is 2.52. The van der Waals surface area contributed by atoms with E-state index < -0.39 is 22.7 Å². The minimum atomic E-state index is -1.72. The zero-order chi connectivity index (χ0) is 21.1. The SMILES string of the molecule is COc1cc(-c2nnc(C(C)(C)O)o2)c(Cl)c2c1C(=O)[C@@]1(CCC(=O)C=C1O)O2. The molecule has 29 heavy (non-hydrogen) atoms. The van der Waals surface area contributed by atoms with Gasteiger partial charge in [-0.05, 0) is 19.9 Å². The molecule has 10 heteroatoms.